The molecule has 0 saturated carbocycles. The van der Waals surface area contributed by atoms with Crippen molar-refractivity contribution in [1.29, 1.82) is 0 Å². The lowest BCUT2D eigenvalue weighted by atomic mass is 9.96. The molecule has 1 aliphatic rings. The van der Waals surface area contributed by atoms with Gasteiger partial charge < -0.3 is 15.2 Å². The summed E-state index contributed by atoms with van der Waals surface area (Å²) in [5, 5.41) is 0. The van der Waals surface area contributed by atoms with Gasteiger partial charge in [0.1, 0.15) is 6.10 Å². The molecule has 0 aromatic heterocycles. The monoisotopic (exact) mass is 201 g/mol. The quantitative estimate of drug-likeness (QED) is 0.734. The third kappa shape index (κ3) is 2.69. The molecule has 14 heavy (non-hydrogen) atoms. The molecule has 2 N–H and O–H groups in total. The first-order chi connectivity index (χ1) is 6.70. The Morgan fingerprint density at radius 1 is 1.50 bits per heavy atom. The lowest BCUT2D eigenvalue weighted by Gasteiger charge is -2.25. The van der Waals surface area contributed by atoms with Crippen LogP contribution in [-0.4, -0.2) is 31.5 Å². The van der Waals surface area contributed by atoms with E-state index in [0.717, 1.165) is 19.4 Å². The van der Waals surface area contributed by atoms with E-state index in [2.05, 4.69) is 20.8 Å². The predicted octanol–water partition coefficient (Wildman–Crippen LogP) is 1.55. The van der Waals surface area contributed by atoms with Crippen LogP contribution in [0, 0.1) is 5.92 Å². The SMILES string of the molecule is CCCOC1C(N)COC1C(C)CC. The van der Waals surface area contributed by atoms with Crippen molar-refractivity contribution >= 4 is 0 Å². The van der Waals surface area contributed by atoms with Gasteiger partial charge in [-0.25, -0.2) is 0 Å². The fraction of sp³-hybridized carbons (Fsp3) is 1.00. The molecule has 1 heterocycles. The van der Waals surface area contributed by atoms with Crippen molar-refractivity contribution in [3.05, 3.63) is 0 Å². The number of nitrogens with two attached hydrogens (primary N) is 1. The maximum Gasteiger partial charge on any atom is 0.101 e. The second-order valence-electron chi connectivity index (χ2n) is 4.18. The first-order valence-corrected chi connectivity index (χ1v) is 5.69. The molecule has 0 bridgehead atoms. The van der Waals surface area contributed by atoms with Crippen LogP contribution in [0.25, 0.3) is 0 Å². The zero-order chi connectivity index (χ0) is 10.6. The molecule has 1 aliphatic heterocycles. The Bertz CT molecular complexity index is 163. The van der Waals surface area contributed by atoms with Crippen LogP contribution in [0.3, 0.4) is 0 Å². The van der Waals surface area contributed by atoms with E-state index in [-0.39, 0.29) is 18.2 Å². The average molecular weight is 201 g/mol. The molecular formula is C11H23NO2. The van der Waals surface area contributed by atoms with E-state index in [1.165, 1.54) is 0 Å². The molecule has 3 nitrogen and oxygen atoms in total. The highest BCUT2D eigenvalue weighted by Gasteiger charge is 2.38. The lowest BCUT2D eigenvalue weighted by Crippen LogP contribution is -2.41. The van der Waals surface area contributed by atoms with E-state index >= 15 is 0 Å². The van der Waals surface area contributed by atoms with E-state index in [9.17, 15) is 0 Å². The van der Waals surface area contributed by atoms with Crippen LogP contribution in [0.5, 0.6) is 0 Å². The summed E-state index contributed by atoms with van der Waals surface area (Å²) in [6.45, 7) is 7.91. The number of hydrogen-bond donors (Lipinski definition) is 1. The second-order valence-corrected chi connectivity index (χ2v) is 4.18. The van der Waals surface area contributed by atoms with Crippen molar-refractivity contribution < 1.29 is 9.47 Å². The predicted molar refractivity (Wildman–Crippen MR) is 57.2 cm³/mol. The molecule has 1 fully saturated rings. The van der Waals surface area contributed by atoms with E-state index < -0.39 is 0 Å². The molecule has 84 valence electrons. The van der Waals surface area contributed by atoms with E-state index in [1.807, 2.05) is 0 Å². The fourth-order valence-corrected chi connectivity index (χ4v) is 1.85. The Morgan fingerprint density at radius 2 is 2.21 bits per heavy atom. The van der Waals surface area contributed by atoms with Gasteiger partial charge in [0.2, 0.25) is 0 Å². The molecule has 3 heteroatoms. The highest BCUT2D eigenvalue weighted by molar-refractivity contribution is 4.90. The van der Waals surface area contributed by atoms with Gasteiger partial charge in [-0.2, -0.15) is 0 Å². The highest BCUT2D eigenvalue weighted by atomic mass is 16.6. The molecule has 0 amide bonds. The highest BCUT2D eigenvalue weighted by Crippen LogP contribution is 2.25. The molecule has 1 rings (SSSR count). The minimum atomic E-state index is 0.0561. The largest absolute Gasteiger partial charge is 0.374 e. The minimum Gasteiger partial charge on any atom is -0.374 e. The van der Waals surface area contributed by atoms with Gasteiger partial charge in [0, 0.05) is 6.61 Å². The zero-order valence-electron chi connectivity index (χ0n) is 9.53. The number of rotatable bonds is 5. The Kier molecular flexibility index (Phi) is 4.85. The average Bonchev–Trinajstić information content (AvgIpc) is 2.56. The maximum absolute atomic E-state index is 5.95. The van der Waals surface area contributed by atoms with Gasteiger partial charge in [0.05, 0.1) is 18.8 Å². The van der Waals surface area contributed by atoms with Crippen LogP contribution in [0.4, 0.5) is 0 Å². The van der Waals surface area contributed by atoms with Crippen LogP contribution in [0.2, 0.25) is 0 Å². The molecule has 0 radical (unpaired) electrons. The van der Waals surface area contributed by atoms with Gasteiger partial charge in [-0.05, 0) is 12.3 Å². The third-order valence-corrected chi connectivity index (χ3v) is 2.95. The summed E-state index contributed by atoms with van der Waals surface area (Å²) in [7, 11) is 0. The van der Waals surface area contributed by atoms with Gasteiger partial charge in [0.25, 0.3) is 0 Å². The Labute approximate surface area is 86.9 Å². The maximum atomic E-state index is 5.95. The summed E-state index contributed by atoms with van der Waals surface area (Å²) >= 11 is 0. The van der Waals surface area contributed by atoms with Crippen LogP contribution in [0.1, 0.15) is 33.6 Å². The first-order valence-electron chi connectivity index (χ1n) is 5.69. The second kappa shape index (κ2) is 5.69. The topological polar surface area (TPSA) is 44.5 Å². The molecule has 4 unspecified atom stereocenters. The van der Waals surface area contributed by atoms with Gasteiger partial charge in [0.15, 0.2) is 0 Å². The smallest absolute Gasteiger partial charge is 0.101 e. The Hall–Kier alpha value is -0.120. The molecular weight excluding hydrogens is 178 g/mol. The van der Waals surface area contributed by atoms with Crippen LogP contribution in [-0.2, 0) is 9.47 Å². The summed E-state index contributed by atoms with van der Waals surface area (Å²) in [4.78, 5) is 0. The van der Waals surface area contributed by atoms with E-state index in [4.69, 9.17) is 15.2 Å². The summed E-state index contributed by atoms with van der Waals surface area (Å²) in [5.74, 6) is 0.533. The van der Waals surface area contributed by atoms with Gasteiger partial charge in [-0.3, -0.25) is 0 Å². The molecule has 1 saturated heterocycles. The molecule has 0 aromatic rings. The minimum absolute atomic E-state index is 0.0561. The fourth-order valence-electron chi connectivity index (χ4n) is 1.85. The van der Waals surface area contributed by atoms with Crippen LogP contribution in [0.15, 0.2) is 0 Å². The number of hydrogen-bond acceptors (Lipinski definition) is 3. The van der Waals surface area contributed by atoms with Crippen molar-refractivity contribution in [2.45, 2.75) is 51.9 Å². The summed E-state index contributed by atoms with van der Waals surface area (Å²) in [6.07, 6.45) is 2.45. The molecule has 0 aromatic carbocycles. The van der Waals surface area contributed by atoms with E-state index in [0.29, 0.717) is 12.5 Å². The van der Waals surface area contributed by atoms with Gasteiger partial charge >= 0.3 is 0 Å². The zero-order valence-corrected chi connectivity index (χ0v) is 9.53. The normalized spacial score (nSPS) is 34.7. The van der Waals surface area contributed by atoms with Gasteiger partial charge in [-0.1, -0.05) is 27.2 Å². The molecule has 4 atom stereocenters. The van der Waals surface area contributed by atoms with Crippen LogP contribution >= 0.6 is 0 Å². The van der Waals surface area contributed by atoms with Crippen molar-refractivity contribution in [2.24, 2.45) is 11.7 Å². The van der Waals surface area contributed by atoms with E-state index in [1.54, 1.807) is 0 Å². The van der Waals surface area contributed by atoms with Crippen molar-refractivity contribution in [2.75, 3.05) is 13.2 Å². The summed E-state index contributed by atoms with van der Waals surface area (Å²) in [6, 6.07) is 0.0561. The molecule has 0 aliphatic carbocycles. The van der Waals surface area contributed by atoms with Crippen molar-refractivity contribution in [3.8, 4) is 0 Å². The molecule has 0 spiro atoms. The van der Waals surface area contributed by atoms with Gasteiger partial charge in [-0.15, -0.1) is 0 Å². The van der Waals surface area contributed by atoms with Crippen molar-refractivity contribution in [1.82, 2.24) is 0 Å². The Morgan fingerprint density at radius 3 is 2.79 bits per heavy atom. The van der Waals surface area contributed by atoms with Crippen LogP contribution < -0.4 is 5.73 Å². The Balaban J connectivity index is 2.48. The lowest BCUT2D eigenvalue weighted by molar-refractivity contribution is -0.0357. The summed E-state index contributed by atoms with van der Waals surface area (Å²) < 4.78 is 11.4. The first kappa shape index (κ1) is 12.0. The standard InChI is InChI=1S/C11H23NO2/c1-4-6-13-11-9(12)7-14-10(11)8(3)5-2/h8-11H,4-7,12H2,1-3H3. The van der Waals surface area contributed by atoms with Crippen molar-refractivity contribution in [3.63, 3.8) is 0 Å². The third-order valence-electron chi connectivity index (χ3n) is 2.95. The summed E-state index contributed by atoms with van der Waals surface area (Å²) in [5.41, 5.74) is 5.95. The number of ether oxygens (including phenoxy) is 2.